The molecular weight excluding hydrogens is 234 g/mol. The van der Waals surface area contributed by atoms with Crippen molar-refractivity contribution < 1.29 is 8.78 Å². The van der Waals surface area contributed by atoms with Crippen molar-refractivity contribution in [2.75, 3.05) is 26.2 Å². The van der Waals surface area contributed by atoms with E-state index in [9.17, 15) is 8.78 Å². The Kier molecular flexibility index (Phi) is 2.87. The Balaban J connectivity index is 1.69. The molecule has 2 aliphatic rings. The number of likely N-dealkylation sites (tertiary alicyclic amines) is 1. The Labute approximate surface area is 106 Å². The van der Waals surface area contributed by atoms with Crippen molar-refractivity contribution in [1.29, 1.82) is 0 Å². The van der Waals surface area contributed by atoms with Gasteiger partial charge in [-0.2, -0.15) is 0 Å². The third-order valence-electron chi connectivity index (χ3n) is 4.27. The van der Waals surface area contributed by atoms with Gasteiger partial charge in [0.25, 0.3) is 5.92 Å². The first-order valence-electron chi connectivity index (χ1n) is 6.46. The first-order chi connectivity index (χ1) is 8.61. The van der Waals surface area contributed by atoms with E-state index in [0.717, 1.165) is 13.1 Å². The zero-order valence-electron chi connectivity index (χ0n) is 10.3. The maximum absolute atomic E-state index is 13.9. The van der Waals surface area contributed by atoms with Gasteiger partial charge in [-0.25, -0.2) is 8.78 Å². The summed E-state index contributed by atoms with van der Waals surface area (Å²) < 4.78 is 27.9. The minimum Gasteiger partial charge on any atom is -0.310 e. The quantitative estimate of drug-likeness (QED) is 0.867. The van der Waals surface area contributed by atoms with Crippen LogP contribution in [0.1, 0.15) is 12.0 Å². The van der Waals surface area contributed by atoms with Gasteiger partial charge < -0.3 is 5.32 Å². The zero-order chi connectivity index (χ0) is 12.6. The van der Waals surface area contributed by atoms with E-state index in [1.807, 2.05) is 18.2 Å². The highest BCUT2D eigenvalue weighted by Gasteiger charge is 2.59. The number of nitrogens with one attached hydrogen (secondary N) is 1. The van der Waals surface area contributed by atoms with Crippen molar-refractivity contribution >= 4 is 0 Å². The maximum Gasteiger partial charge on any atom is 0.268 e. The molecule has 2 heterocycles. The van der Waals surface area contributed by atoms with Crippen molar-refractivity contribution in [3.05, 3.63) is 35.9 Å². The van der Waals surface area contributed by atoms with Crippen LogP contribution in [0.3, 0.4) is 0 Å². The highest BCUT2D eigenvalue weighted by atomic mass is 19.3. The summed E-state index contributed by atoms with van der Waals surface area (Å²) in [6.07, 6.45) is 0.597. The lowest BCUT2D eigenvalue weighted by Gasteiger charge is -2.29. The van der Waals surface area contributed by atoms with Gasteiger partial charge in [-0.05, 0) is 18.5 Å². The molecule has 2 saturated heterocycles. The molecule has 0 saturated carbocycles. The molecule has 1 aromatic rings. The van der Waals surface area contributed by atoms with E-state index in [4.69, 9.17) is 0 Å². The summed E-state index contributed by atoms with van der Waals surface area (Å²) in [6, 6.07) is 10.1. The molecule has 2 aliphatic heterocycles. The molecule has 0 aromatic heterocycles. The van der Waals surface area contributed by atoms with Crippen molar-refractivity contribution in [3.8, 4) is 0 Å². The first-order valence-corrected chi connectivity index (χ1v) is 6.46. The second-order valence-electron chi connectivity index (χ2n) is 5.53. The van der Waals surface area contributed by atoms with Crippen LogP contribution in [0, 0.1) is 5.41 Å². The fourth-order valence-electron chi connectivity index (χ4n) is 3.15. The van der Waals surface area contributed by atoms with Crippen LogP contribution in [0.5, 0.6) is 0 Å². The Morgan fingerprint density at radius 2 is 1.94 bits per heavy atom. The van der Waals surface area contributed by atoms with Crippen LogP contribution in [0.4, 0.5) is 8.78 Å². The number of hydrogen-bond donors (Lipinski definition) is 1. The summed E-state index contributed by atoms with van der Waals surface area (Å²) in [7, 11) is 0. The zero-order valence-corrected chi connectivity index (χ0v) is 10.3. The fourth-order valence-corrected chi connectivity index (χ4v) is 3.15. The number of nitrogens with zero attached hydrogens (tertiary/aromatic N) is 1. The van der Waals surface area contributed by atoms with Gasteiger partial charge in [0.2, 0.25) is 0 Å². The monoisotopic (exact) mass is 252 g/mol. The standard InChI is InChI=1S/C14H18F2N2/c15-14(16)10-17-9-13(14)6-7-18(11-13)8-12-4-2-1-3-5-12/h1-5,17H,6-11H2. The van der Waals surface area contributed by atoms with Crippen LogP contribution >= 0.6 is 0 Å². The summed E-state index contributed by atoms with van der Waals surface area (Å²) in [5.41, 5.74) is 0.366. The summed E-state index contributed by atoms with van der Waals surface area (Å²) in [4.78, 5) is 2.15. The molecule has 98 valence electrons. The Morgan fingerprint density at radius 3 is 2.61 bits per heavy atom. The largest absolute Gasteiger partial charge is 0.310 e. The van der Waals surface area contributed by atoms with Crippen LogP contribution in [0.25, 0.3) is 0 Å². The number of alkyl halides is 2. The maximum atomic E-state index is 13.9. The van der Waals surface area contributed by atoms with Crippen molar-refractivity contribution in [2.24, 2.45) is 5.41 Å². The number of benzene rings is 1. The molecular formula is C14H18F2N2. The summed E-state index contributed by atoms with van der Waals surface area (Å²) >= 11 is 0. The van der Waals surface area contributed by atoms with E-state index in [1.165, 1.54) is 5.56 Å². The van der Waals surface area contributed by atoms with Crippen LogP contribution < -0.4 is 5.32 Å². The number of halogens is 2. The van der Waals surface area contributed by atoms with Crippen molar-refractivity contribution in [2.45, 2.75) is 18.9 Å². The average molecular weight is 252 g/mol. The topological polar surface area (TPSA) is 15.3 Å². The fraction of sp³-hybridized carbons (Fsp3) is 0.571. The molecule has 0 amide bonds. The molecule has 2 fully saturated rings. The average Bonchev–Trinajstić information content (AvgIpc) is 2.87. The Hall–Kier alpha value is -1.00. The highest BCUT2D eigenvalue weighted by Crippen LogP contribution is 2.46. The number of hydrogen-bond acceptors (Lipinski definition) is 2. The predicted octanol–water partition coefficient (Wildman–Crippen LogP) is 2.12. The minimum absolute atomic E-state index is 0.161. The van der Waals surface area contributed by atoms with Gasteiger partial charge in [0.1, 0.15) is 0 Å². The van der Waals surface area contributed by atoms with Gasteiger partial charge in [0, 0.05) is 19.6 Å². The van der Waals surface area contributed by atoms with Gasteiger partial charge in [-0.3, -0.25) is 4.90 Å². The second-order valence-corrected chi connectivity index (χ2v) is 5.53. The molecule has 0 radical (unpaired) electrons. The van der Waals surface area contributed by atoms with E-state index < -0.39 is 11.3 Å². The van der Waals surface area contributed by atoms with Gasteiger partial charge in [-0.1, -0.05) is 30.3 Å². The van der Waals surface area contributed by atoms with E-state index in [2.05, 4.69) is 22.3 Å². The van der Waals surface area contributed by atoms with Crippen molar-refractivity contribution in [1.82, 2.24) is 10.2 Å². The lowest BCUT2D eigenvalue weighted by atomic mass is 9.83. The van der Waals surface area contributed by atoms with Crippen LogP contribution in [0.15, 0.2) is 30.3 Å². The first kappa shape index (κ1) is 12.1. The highest BCUT2D eigenvalue weighted by molar-refractivity contribution is 5.15. The molecule has 4 heteroatoms. The molecule has 18 heavy (non-hydrogen) atoms. The van der Waals surface area contributed by atoms with E-state index in [1.54, 1.807) is 0 Å². The molecule has 1 N–H and O–H groups in total. The summed E-state index contributed by atoms with van der Waals surface area (Å²) in [5.74, 6) is -2.56. The molecule has 2 nitrogen and oxygen atoms in total. The van der Waals surface area contributed by atoms with Gasteiger partial charge in [0.05, 0.1) is 12.0 Å². The minimum atomic E-state index is -2.56. The normalized spacial score (nSPS) is 31.2. The third kappa shape index (κ3) is 1.93. The molecule has 1 unspecified atom stereocenters. The van der Waals surface area contributed by atoms with Crippen molar-refractivity contribution in [3.63, 3.8) is 0 Å². The smallest absolute Gasteiger partial charge is 0.268 e. The Bertz CT molecular complexity index is 421. The van der Waals surface area contributed by atoms with Gasteiger partial charge in [-0.15, -0.1) is 0 Å². The SMILES string of the molecule is FC1(F)CNCC12CCN(Cc1ccccc1)C2. The second kappa shape index (κ2) is 4.28. The molecule has 3 rings (SSSR count). The molecule has 1 spiro atoms. The van der Waals surface area contributed by atoms with Crippen LogP contribution in [-0.2, 0) is 6.54 Å². The van der Waals surface area contributed by atoms with Crippen LogP contribution in [-0.4, -0.2) is 37.0 Å². The lowest BCUT2D eigenvalue weighted by Crippen LogP contribution is -2.42. The van der Waals surface area contributed by atoms with Gasteiger partial charge >= 0.3 is 0 Å². The summed E-state index contributed by atoms with van der Waals surface area (Å²) in [5, 5.41) is 2.85. The molecule has 1 atom stereocenters. The summed E-state index contributed by atoms with van der Waals surface area (Å²) in [6.45, 7) is 2.34. The van der Waals surface area contributed by atoms with E-state index in [-0.39, 0.29) is 6.54 Å². The van der Waals surface area contributed by atoms with E-state index in [0.29, 0.717) is 19.5 Å². The molecule has 0 bridgehead atoms. The number of rotatable bonds is 2. The van der Waals surface area contributed by atoms with Crippen LogP contribution in [0.2, 0.25) is 0 Å². The lowest BCUT2D eigenvalue weighted by molar-refractivity contribution is -0.0775. The Morgan fingerprint density at radius 1 is 1.17 bits per heavy atom. The molecule has 1 aromatic carbocycles. The predicted molar refractivity (Wildman–Crippen MR) is 66.6 cm³/mol. The van der Waals surface area contributed by atoms with Gasteiger partial charge in [0.15, 0.2) is 0 Å². The van der Waals surface area contributed by atoms with E-state index >= 15 is 0 Å². The molecule has 0 aliphatic carbocycles. The third-order valence-corrected chi connectivity index (χ3v) is 4.27.